The Morgan fingerprint density at radius 3 is 2.43 bits per heavy atom. The van der Waals surface area contributed by atoms with Crippen molar-refractivity contribution in [2.24, 2.45) is 0 Å². The molecule has 0 aliphatic carbocycles. The van der Waals surface area contributed by atoms with E-state index in [1.54, 1.807) is 24.4 Å². The molecule has 2 N–H and O–H groups in total. The van der Waals surface area contributed by atoms with Crippen LogP contribution in [-0.2, 0) is 11.3 Å². The molecule has 5 nitrogen and oxygen atoms in total. The second-order valence-electron chi connectivity index (χ2n) is 7.42. The molecule has 2 aromatic carbocycles. The van der Waals surface area contributed by atoms with Crippen molar-refractivity contribution >= 4 is 23.1 Å². The molecule has 2 aliphatic heterocycles. The summed E-state index contributed by atoms with van der Waals surface area (Å²) in [7, 11) is 0. The zero-order chi connectivity index (χ0) is 19.3. The van der Waals surface area contributed by atoms with Crippen molar-refractivity contribution in [2.75, 3.05) is 18.4 Å². The Kier molecular flexibility index (Phi) is 5.53. The average Bonchev–Trinajstić information content (AvgIpc) is 2.97. The van der Waals surface area contributed by atoms with E-state index in [-0.39, 0.29) is 11.8 Å². The number of anilines is 1. The van der Waals surface area contributed by atoms with Crippen LogP contribution in [0.1, 0.15) is 47.2 Å². The largest absolute Gasteiger partial charge is 0.361 e. The molecule has 2 heterocycles. The predicted octanol–water partition coefficient (Wildman–Crippen LogP) is 3.79. The van der Waals surface area contributed by atoms with Gasteiger partial charge in [-0.1, -0.05) is 43.2 Å². The summed E-state index contributed by atoms with van der Waals surface area (Å²) >= 11 is 0. The Morgan fingerprint density at radius 2 is 1.64 bits per heavy atom. The van der Waals surface area contributed by atoms with E-state index in [0.29, 0.717) is 16.7 Å². The van der Waals surface area contributed by atoms with Crippen LogP contribution in [0.15, 0.2) is 54.7 Å². The first-order valence-electron chi connectivity index (χ1n) is 9.94. The van der Waals surface area contributed by atoms with Gasteiger partial charge in [-0.25, -0.2) is 0 Å². The number of hydrogen-bond acceptors (Lipinski definition) is 4. The predicted molar refractivity (Wildman–Crippen MR) is 111 cm³/mol. The molecular weight excluding hydrogens is 350 g/mol. The van der Waals surface area contributed by atoms with Crippen molar-refractivity contribution in [3.63, 3.8) is 0 Å². The first kappa shape index (κ1) is 18.4. The minimum atomic E-state index is -0.378. The maximum absolute atomic E-state index is 12.3. The molecule has 0 radical (unpaired) electrons. The first-order valence-corrected chi connectivity index (χ1v) is 9.94. The van der Waals surface area contributed by atoms with Crippen molar-refractivity contribution in [3.05, 3.63) is 71.4 Å². The van der Waals surface area contributed by atoms with Gasteiger partial charge in [0, 0.05) is 29.6 Å². The van der Waals surface area contributed by atoms with Crippen LogP contribution in [0, 0.1) is 0 Å². The molecule has 0 unspecified atom stereocenters. The van der Waals surface area contributed by atoms with Crippen molar-refractivity contribution in [3.8, 4) is 0 Å². The van der Waals surface area contributed by atoms with Gasteiger partial charge in [-0.05, 0) is 49.7 Å². The number of amides is 2. The Hall–Kier alpha value is -2.92. The molecule has 4 rings (SSSR count). The van der Waals surface area contributed by atoms with Crippen LogP contribution >= 0.6 is 0 Å². The molecule has 0 aromatic heterocycles. The number of likely N-dealkylation sites (tertiary alicyclic amines) is 1. The van der Waals surface area contributed by atoms with E-state index in [4.69, 9.17) is 0 Å². The van der Waals surface area contributed by atoms with Gasteiger partial charge in [-0.3, -0.25) is 19.8 Å². The molecule has 0 bridgehead atoms. The van der Waals surface area contributed by atoms with E-state index in [0.717, 1.165) is 25.3 Å². The van der Waals surface area contributed by atoms with Crippen molar-refractivity contribution in [1.82, 2.24) is 10.2 Å². The molecular formula is C23H25N3O2. The second-order valence-corrected chi connectivity index (χ2v) is 7.42. The normalized spacial score (nSPS) is 19.1. The molecule has 1 fully saturated rings. The van der Waals surface area contributed by atoms with Crippen LogP contribution < -0.4 is 10.6 Å². The van der Waals surface area contributed by atoms with Crippen LogP contribution in [0.4, 0.5) is 5.69 Å². The number of carbonyl (C=O) groups excluding carboxylic acids is 2. The number of imide groups is 1. The van der Waals surface area contributed by atoms with E-state index in [2.05, 4.69) is 27.7 Å². The maximum Gasteiger partial charge on any atom is 0.260 e. The topological polar surface area (TPSA) is 61.4 Å². The minimum absolute atomic E-state index is 0.350. The van der Waals surface area contributed by atoms with E-state index >= 15 is 0 Å². The smallest absolute Gasteiger partial charge is 0.260 e. The summed E-state index contributed by atoms with van der Waals surface area (Å²) in [4.78, 5) is 26.8. The van der Waals surface area contributed by atoms with Gasteiger partial charge in [-0.15, -0.1) is 0 Å². The fourth-order valence-electron chi connectivity index (χ4n) is 3.89. The number of carbonyl (C=O) groups is 2. The molecule has 0 spiro atoms. The molecule has 1 saturated heterocycles. The lowest BCUT2D eigenvalue weighted by molar-refractivity contribution is -0.114. The molecule has 0 saturated carbocycles. The maximum atomic E-state index is 12.3. The number of benzene rings is 2. The number of nitrogens with zero attached hydrogens (tertiary/aromatic N) is 1. The van der Waals surface area contributed by atoms with Gasteiger partial charge < -0.3 is 5.32 Å². The summed E-state index contributed by atoms with van der Waals surface area (Å²) in [6.07, 6.45) is 6.90. The molecule has 2 aliphatic rings. The standard InChI is InChI=1S/C23H25N3O2/c27-22-20-11-4-3-10-19(20)21(23(28)25-22)15-24-18-9-7-8-17(14-18)16-26-12-5-1-2-6-13-26/h3-4,7-11,14-15,24H,1-2,5-6,12-13,16H2,(H,25,27,28)/b21-15-. The van der Waals surface area contributed by atoms with Crippen LogP contribution in [0.5, 0.6) is 0 Å². The van der Waals surface area contributed by atoms with Crippen molar-refractivity contribution in [2.45, 2.75) is 32.2 Å². The highest BCUT2D eigenvalue weighted by Gasteiger charge is 2.26. The lowest BCUT2D eigenvalue weighted by Gasteiger charge is -2.20. The number of fused-ring (bicyclic) bond motifs is 1. The summed E-state index contributed by atoms with van der Waals surface area (Å²) in [6, 6.07) is 15.4. The second kappa shape index (κ2) is 8.40. The molecule has 144 valence electrons. The zero-order valence-electron chi connectivity index (χ0n) is 15.9. The van der Waals surface area contributed by atoms with Gasteiger partial charge in [-0.2, -0.15) is 0 Å². The number of hydrogen-bond donors (Lipinski definition) is 2. The molecule has 0 atom stereocenters. The van der Waals surface area contributed by atoms with Crippen LogP contribution in [0.3, 0.4) is 0 Å². The quantitative estimate of drug-likeness (QED) is 0.631. The lowest BCUT2D eigenvalue weighted by Crippen LogP contribution is -2.36. The molecule has 2 aromatic rings. The number of nitrogens with one attached hydrogen (secondary N) is 2. The number of rotatable bonds is 4. The summed E-state index contributed by atoms with van der Waals surface area (Å²) in [5, 5.41) is 5.64. The summed E-state index contributed by atoms with van der Waals surface area (Å²) in [5.41, 5.74) is 3.83. The van der Waals surface area contributed by atoms with Crippen LogP contribution in [0.2, 0.25) is 0 Å². The summed E-state index contributed by atoms with van der Waals surface area (Å²) in [6.45, 7) is 3.27. The molecule has 2 amide bonds. The Bertz CT molecular complexity index is 912. The van der Waals surface area contributed by atoms with Gasteiger partial charge in [0.15, 0.2) is 0 Å². The van der Waals surface area contributed by atoms with Gasteiger partial charge in [0.25, 0.3) is 11.8 Å². The fraction of sp³-hybridized carbons (Fsp3) is 0.304. The third-order valence-corrected chi connectivity index (χ3v) is 5.35. The zero-order valence-corrected chi connectivity index (χ0v) is 15.9. The van der Waals surface area contributed by atoms with E-state index in [9.17, 15) is 9.59 Å². The first-order chi connectivity index (χ1) is 13.7. The van der Waals surface area contributed by atoms with Crippen LogP contribution in [-0.4, -0.2) is 29.8 Å². The highest BCUT2D eigenvalue weighted by molar-refractivity contribution is 6.31. The van der Waals surface area contributed by atoms with Gasteiger partial charge in [0.2, 0.25) is 0 Å². The Balaban J connectivity index is 1.51. The van der Waals surface area contributed by atoms with Crippen molar-refractivity contribution in [1.29, 1.82) is 0 Å². The highest BCUT2D eigenvalue weighted by atomic mass is 16.2. The van der Waals surface area contributed by atoms with Crippen molar-refractivity contribution < 1.29 is 9.59 Å². The lowest BCUT2D eigenvalue weighted by atomic mass is 9.95. The average molecular weight is 375 g/mol. The van der Waals surface area contributed by atoms with E-state index in [1.165, 1.54) is 31.2 Å². The van der Waals surface area contributed by atoms with Gasteiger partial charge in [0.05, 0.1) is 5.57 Å². The van der Waals surface area contributed by atoms with Gasteiger partial charge in [0.1, 0.15) is 0 Å². The monoisotopic (exact) mass is 375 g/mol. The van der Waals surface area contributed by atoms with E-state index < -0.39 is 0 Å². The van der Waals surface area contributed by atoms with Gasteiger partial charge >= 0.3 is 0 Å². The van der Waals surface area contributed by atoms with Crippen LogP contribution in [0.25, 0.3) is 5.57 Å². The molecule has 5 heteroatoms. The third kappa shape index (κ3) is 4.15. The summed E-state index contributed by atoms with van der Waals surface area (Å²) < 4.78 is 0. The Morgan fingerprint density at radius 1 is 0.893 bits per heavy atom. The SMILES string of the molecule is O=C1NC(=O)c2ccccc2/C1=C/Nc1cccc(CN2CCCCCC2)c1. The summed E-state index contributed by atoms with van der Waals surface area (Å²) in [5.74, 6) is -0.728. The van der Waals surface area contributed by atoms with E-state index in [1.807, 2.05) is 18.2 Å². The Labute approximate surface area is 165 Å². The highest BCUT2D eigenvalue weighted by Crippen LogP contribution is 2.24. The molecule has 28 heavy (non-hydrogen) atoms. The fourth-order valence-corrected chi connectivity index (χ4v) is 3.89. The third-order valence-electron chi connectivity index (χ3n) is 5.35. The minimum Gasteiger partial charge on any atom is -0.361 e.